The Balaban J connectivity index is 3.29. The highest BCUT2D eigenvalue weighted by Crippen LogP contribution is 2.30. The third-order valence-electron chi connectivity index (χ3n) is 5.01. The van der Waals surface area contributed by atoms with E-state index >= 15 is 0 Å². The molecular formula is C21H30O9. The molecule has 0 radical (unpaired) electrons. The minimum Gasteiger partial charge on any atom is -0.453 e. The van der Waals surface area contributed by atoms with E-state index in [9.17, 15) is 29.7 Å². The van der Waals surface area contributed by atoms with E-state index in [0.29, 0.717) is 0 Å². The minimum absolute atomic E-state index is 0.204. The van der Waals surface area contributed by atoms with Crippen molar-refractivity contribution in [2.75, 3.05) is 0 Å². The summed E-state index contributed by atoms with van der Waals surface area (Å²) in [5.41, 5.74) is 0.619. The molecule has 1 aliphatic rings. The van der Waals surface area contributed by atoms with Crippen LogP contribution in [0.1, 0.15) is 41.5 Å². The summed E-state index contributed by atoms with van der Waals surface area (Å²) in [5.74, 6) is -2.49. The average molecular weight is 426 g/mol. The van der Waals surface area contributed by atoms with Crippen molar-refractivity contribution in [3.05, 3.63) is 34.9 Å². The summed E-state index contributed by atoms with van der Waals surface area (Å²) < 4.78 is 15.6. The van der Waals surface area contributed by atoms with Gasteiger partial charge < -0.3 is 29.5 Å². The Hall–Kier alpha value is -2.49. The van der Waals surface area contributed by atoms with Crippen LogP contribution in [-0.4, -0.2) is 69.9 Å². The van der Waals surface area contributed by atoms with Crippen molar-refractivity contribution >= 4 is 17.9 Å². The molecule has 0 spiro atoms. The Labute approximate surface area is 175 Å². The number of aliphatic hydroxyl groups excluding tert-OH is 3. The molecule has 168 valence electrons. The molecule has 1 fully saturated rings. The molecular weight excluding hydrogens is 396 g/mol. The van der Waals surface area contributed by atoms with Gasteiger partial charge in [0.1, 0.15) is 18.3 Å². The van der Waals surface area contributed by atoms with Crippen LogP contribution >= 0.6 is 0 Å². The molecule has 0 amide bonds. The summed E-state index contributed by atoms with van der Waals surface area (Å²) in [5, 5.41) is 31.7. The number of esters is 3. The number of aliphatic hydroxyl groups is 3. The van der Waals surface area contributed by atoms with Gasteiger partial charge in [0.15, 0.2) is 18.3 Å². The zero-order valence-electron chi connectivity index (χ0n) is 18.0. The molecule has 6 unspecified atom stereocenters. The Morgan fingerprint density at radius 2 is 0.833 bits per heavy atom. The molecule has 0 saturated heterocycles. The number of hydrogen-bond acceptors (Lipinski definition) is 9. The molecule has 1 aliphatic carbocycles. The van der Waals surface area contributed by atoms with Crippen LogP contribution in [0.2, 0.25) is 0 Å². The van der Waals surface area contributed by atoms with Gasteiger partial charge in [-0.3, -0.25) is 0 Å². The van der Waals surface area contributed by atoms with E-state index in [0.717, 1.165) is 0 Å². The van der Waals surface area contributed by atoms with Crippen LogP contribution in [0.15, 0.2) is 34.9 Å². The largest absolute Gasteiger partial charge is 0.453 e. The fourth-order valence-corrected chi connectivity index (χ4v) is 2.58. The predicted octanol–water partition coefficient (Wildman–Crippen LogP) is 0.717. The standard InChI is InChI=1S/C21H30O9/c1-7-10(4)19(25)28-16-13(22)14(23)17(29-20(26)11(5)8-2)18(15(16)24)30-21(27)12(6)9-3/h7-9,13-18,22-24H,1-6H3. The van der Waals surface area contributed by atoms with E-state index in [4.69, 9.17) is 14.2 Å². The van der Waals surface area contributed by atoms with Crippen LogP contribution < -0.4 is 0 Å². The number of hydrogen-bond donors (Lipinski definition) is 3. The second kappa shape index (κ2) is 11.1. The molecule has 0 aromatic carbocycles. The number of carbonyl (C=O) groups excluding carboxylic acids is 3. The molecule has 0 aromatic rings. The maximum atomic E-state index is 12.3. The van der Waals surface area contributed by atoms with E-state index in [1.807, 2.05) is 0 Å². The molecule has 1 saturated carbocycles. The first-order valence-electron chi connectivity index (χ1n) is 9.55. The van der Waals surface area contributed by atoms with Crippen LogP contribution in [0, 0.1) is 0 Å². The van der Waals surface area contributed by atoms with Crippen LogP contribution in [0.5, 0.6) is 0 Å². The zero-order valence-corrected chi connectivity index (χ0v) is 18.0. The van der Waals surface area contributed by atoms with Crippen molar-refractivity contribution in [2.24, 2.45) is 0 Å². The Morgan fingerprint density at radius 3 is 1.17 bits per heavy atom. The van der Waals surface area contributed by atoms with Gasteiger partial charge in [0, 0.05) is 16.7 Å². The molecule has 6 atom stereocenters. The van der Waals surface area contributed by atoms with Gasteiger partial charge in [-0.25, -0.2) is 14.4 Å². The monoisotopic (exact) mass is 426 g/mol. The highest BCUT2D eigenvalue weighted by atomic mass is 16.6. The van der Waals surface area contributed by atoms with E-state index in [2.05, 4.69) is 0 Å². The van der Waals surface area contributed by atoms with Gasteiger partial charge in [-0.1, -0.05) is 18.2 Å². The van der Waals surface area contributed by atoms with Crippen molar-refractivity contribution in [2.45, 2.75) is 78.2 Å². The lowest BCUT2D eigenvalue weighted by Crippen LogP contribution is -2.66. The second-order valence-corrected chi connectivity index (χ2v) is 7.00. The van der Waals surface area contributed by atoms with E-state index in [1.165, 1.54) is 39.0 Å². The van der Waals surface area contributed by atoms with Gasteiger partial charge >= 0.3 is 17.9 Å². The minimum atomic E-state index is -1.80. The third kappa shape index (κ3) is 5.78. The Kier molecular flexibility index (Phi) is 9.41. The van der Waals surface area contributed by atoms with Crippen LogP contribution in [0.25, 0.3) is 0 Å². The molecule has 0 aliphatic heterocycles. The summed E-state index contributed by atoms with van der Waals surface area (Å²) in [6.45, 7) is 9.22. The summed E-state index contributed by atoms with van der Waals surface area (Å²) >= 11 is 0. The molecule has 0 bridgehead atoms. The van der Waals surface area contributed by atoms with Crippen molar-refractivity contribution in [1.82, 2.24) is 0 Å². The van der Waals surface area contributed by atoms with Crippen LogP contribution in [0.4, 0.5) is 0 Å². The van der Waals surface area contributed by atoms with Gasteiger partial charge in [-0.2, -0.15) is 0 Å². The van der Waals surface area contributed by atoms with Crippen molar-refractivity contribution in [3.63, 3.8) is 0 Å². The maximum Gasteiger partial charge on any atom is 0.333 e. The molecule has 30 heavy (non-hydrogen) atoms. The predicted molar refractivity (Wildman–Crippen MR) is 106 cm³/mol. The lowest BCUT2D eigenvalue weighted by atomic mass is 9.84. The number of allylic oxidation sites excluding steroid dienone is 3. The van der Waals surface area contributed by atoms with Gasteiger partial charge in [-0.05, 0) is 41.5 Å². The first kappa shape index (κ1) is 25.5. The highest BCUT2D eigenvalue weighted by Gasteiger charge is 2.55. The maximum absolute atomic E-state index is 12.3. The van der Waals surface area contributed by atoms with E-state index in [1.54, 1.807) is 20.8 Å². The van der Waals surface area contributed by atoms with E-state index < -0.39 is 54.5 Å². The molecule has 3 N–H and O–H groups in total. The Bertz CT molecular complexity index is 750. The summed E-state index contributed by atoms with van der Waals surface area (Å²) in [6, 6.07) is 0. The SMILES string of the molecule is CC=C(C)C(=O)OC1C(O)C(O)C(OC(=O)C(C)=CC)C(OC(=O)C(C)=CC)C1O. The Morgan fingerprint density at radius 1 is 0.567 bits per heavy atom. The van der Waals surface area contributed by atoms with Crippen LogP contribution in [-0.2, 0) is 28.6 Å². The molecule has 0 aromatic heterocycles. The number of carbonyl (C=O) groups is 3. The summed E-state index contributed by atoms with van der Waals surface area (Å²) in [7, 11) is 0. The number of ether oxygens (including phenoxy) is 3. The quantitative estimate of drug-likeness (QED) is 0.318. The number of rotatable bonds is 6. The first-order valence-corrected chi connectivity index (χ1v) is 9.55. The van der Waals surface area contributed by atoms with Crippen LogP contribution in [0.3, 0.4) is 0 Å². The third-order valence-corrected chi connectivity index (χ3v) is 5.01. The first-order chi connectivity index (χ1) is 14.0. The van der Waals surface area contributed by atoms with Crippen molar-refractivity contribution < 1.29 is 43.9 Å². The van der Waals surface area contributed by atoms with E-state index in [-0.39, 0.29) is 16.7 Å². The lowest BCUT2D eigenvalue weighted by Gasteiger charge is -2.44. The topological polar surface area (TPSA) is 140 Å². The van der Waals surface area contributed by atoms with Crippen molar-refractivity contribution in [1.29, 1.82) is 0 Å². The zero-order chi connectivity index (χ0) is 23.2. The second-order valence-electron chi connectivity index (χ2n) is 7.00. The smallest absolute Gasteiger partial charge is 0.333 e. The normalized spacial score (nSPS) is 30.5. The van der Waals surface area contributed by atoms with Gasteiger partial charge in [0.2, 0.25) is 0 Å². The van der Waals surface area contributed by atoms with Gasteiger partial charge in [0.25, 0.3) is 0 Å². The fourth-order valence-electron chi connectivity index (χ4n) is 2.58. The highest BCUT2D eigenvalue weighted by molar-refractivity contribution is 5.89. The van der Waals surface area contributed by atoms with Crippen molar-refractivity contribution in [3.8, 4) is 0 Å². The van der Waals surface area contributed by atoms with Gasteiger partial charge in [0.05, 0.1) is 0 Å². The van der Waals surface area contributed by atoms with Gasteiger partial charge in [-0.15, -0.1) is 0 Å². The molecule has 1 rings (SSSR count). The molecule has 0 heterocycles. The summed E-state index contributed by atoms with van der Waals surface area (Å²) in [4.78, 5) is 36.6. The molecule has 9 nitrogen and oxygen atoms in total. The fraction of sp³-hybridized carbons (Fsp3) is 0.571. The lowest BCUT2D eigenvalue weighted by molar-refractivity contribution is -0.244. The summed E-state index contributed by atoms with van der Waals surface area (Å²) in [6.07, 6.45) is -5.76. The molecule has 9 heteroatoms. The average Bonchev–Trinajstić information content (AvgIpc) is 2.74.